The third-order valence-corrected chi connectivity index (χ3v) is 4.06. The number of hydrogen-bond acceptors (Lipinski definition) is 3. The average Bonchev–Trinajstić information content (AvgIpc) is 2.79. The molecule has 1 aliphatic rings. The minimum absolute atomic E-state index is 0. The molecule has 0 bridgehead atoms. The summed E-state index contributed by atoms with van der Waals surface area (Å²) in [5.41, 5.74) is 8.12. The second-order valence-corrected chi connectivity index (χ2v) is 5.73. The normalized spacial score (nSPS) is 16.5. The van der Waals surface area contributed by atoms with Gasteiger partial charge >= 0.3 is 0 Å². The van der Waals surface area contributed by atoms with Crippen molar-refractivity contribution in [1.29, 1.82) is 0 Å². The molecule has 1 aliphatic carbocycles. The molecule has 0 aliphatic heterocycles. The van der Waals surface area contributed by atoms with Gasteiger partial charge in [-0.05, 0) is 38.0 Å². The molecule has 0 spiro atoms. The van der Waals surface area contributed by atoms with Crippen LogP contribution >= 0.6 is 24.8 Å². The van der Waals surface area contributed by atoms with Crippen LogP contribution in [0.25, 0.3) is 11.0 Å². The highest BCUT2D eigenvalue weighted by Gasteiger charge is 2.35. The smallest absolute Gasteiger partial charge is 0.244 e. The van der Waals surface area contributed by atoms with Crippen LogP contribution in [-0.2, 0) is 4.79 Å². The molecule has 1 aromatic carbocycles. The highest BCUT2D eigenvalue weighted by atomic mass is 35.5. The molecule has 3 rings (SSSR count). The van der Waals surface area contributed by atoms with Crippen molar-refractivity contribution in [3.05, 3.63) is 24.0 Å². The van der Waals surface area contributed by atoms with Gasteiger partial charge in [-0.25, -0.2) is 4.98 Å². The number of hydrogen-bond donors (Lipinski definition) is 3. The Hall–Kier alpha value is -1.30. The number of H-pyrrole nitrogens is 1. The molecule has 1 aromatic heterocycles. The highest BCUT2D eigenvalue weighted by Crippen LogP contribution is 2.27. The molecule has 1 fully saturated rings. The number of carbonyl (C=O) groups excluding carboxylic acids is 1. The lowest BCUT2D eigenvalue weighted by molar-refractivity contribution is -0.122. The average molecular weight is 345 g/mol. The Bertz CT molecular complexity index is 650. The monoisotopic (exact) mass is 344 g/mol. The van der Waals surface area contributed by atoms with Crippen LogP contribution in [0.3, 0.4) is 0 Å². The molecule has 7 heteroatoms. The second kappa shape index (κ2) is 7.31. The van der Waals surface area contributed by atoms with Crippen LogP contribution < -0.4 is 11.1 Å². The number of carbonyl (C=O) groups is 1. The minimum Gasteiger partial charge on any atom is -0.342 e. The molecule has 0 saturated heterocycles. The first-order valence-electron chi connectivity index (χ1n) is 7.14. The Morgan fingerprint density at radius 3 is 2.64 bits per heavy atom. The highest BCUT2D eigenvalue weighted by molar-refractivity contribution is 5.99. The quantitative estimate of drug-likeness (QED) is 0.781. The zero-order chi connectivity index (χ0) is 14.2. The molecule has 0 atom stereocenters. The van der Waals surface area contributed by atoms with E-state index in [0.29, 0.717) is 0 Å². The van der Waals surface area contributed by atoms with E-state index in [0.717, 1.165) is 48.2 Å². The Kier molecular flexibility index (Phi) is 6.23. The Morgan fingerprint density at radius 2 is 1.95 bits per heavy atom. The Morgan fingerprint density at radius 1 is 1.27 bits per heavy atom. The molecular weight excluding hydrogens is 323 g/mol. The largest absolute Gasteiger partial charge is 0.342 e. The summed E-state index contributed by atoms with van der Waals surface area (Å²) in [6.07, 6.45) is 4.77. The zero-order valence-corrected chi connectivity index (χ0v) is 14.1. The van der Waals surface area contributed by atoms with E-state index in [1.165, 1.54) is 6.42 Å². The third kappa shape index (κ3) is 3.72. The van der Waals surface area contributed by atoms with Gasteiger partial charge in [0.15, 0.2) is 0 Å². The van der Waals surface area contributed by atoms with Gasteiger partial charge in [0.25, 0.3) is 0 Å². The molecule has 1 amide bonds. The summed E-state index contributed by atoms with van der Waals surface area (Å²) >= 11 is 0. The Labute approximate surface area is 142 Å². The number of nitrogens with two attached hydrogens (primary N) is 1. The number of aryl methyl sites for hydroxylation is 1. The van der Waals surface area contributed by atoms with Crippen molar-refractivity contribution in [3.8, 4) is 0 Å². The zero-order valence-electron chi connectivity index (χ0n) is 12.5. The SMILES string of the molecule is Cc1nc2ccc(NC(=O)C3(N)CCCCC3)cc2[nH]1.Cl.Cl. The Balaban J connectivity index is 0.00000121. The molecule has 4 N–H and O–H groups in total. The molecule has 5 nitrogen and oxygen atoms in total. The van der Waals surface area contributed by atoms with Gasteiger partial charge in [0.1, 0.15) is 5.82 Å². The summed E-state index contributed by atoms with van der Waals surface area (Å²) in [6.45, 7) is 1.91. The second-order valence-electron chi connectivity index (χ2n) is 5.73. The summed E-state index contributed by atoms with van der Waals surface area (Å²) in [4.78, 5) is 19.9. The van der Waals surface area contributed by atoms with Crippen LogP contribution in [0.1, 0.15) is 37.9 Å². The van der Waals surface area contributed by atoms with E-state index in [4.69, 9.17) is 5.73 Å². The van der Waals surface area contributed by atoms with Gasteiger partial charge in [0, 0.05) is 5.69 Å². The van der Waals surface area contributed by atoms with Crippen LogP contribution in [0.2, 0.25) is 0 Å². The van der Waals surface area contributed by atoms with E-state index < -0.39 is 5.54 Å². The van der Waals surface area contributed by atoms with Gasteiger partial charge in [0.05, 0.1) is 16.6 Å². The fraction of sp³-hybridized carbons (Fsp3) is 0.467. The third-order valence-electron chi connectivity index (χ3n) is 4.06. The molecule has 22 heavy (non-hydrogen) atoms. The molecule has 0 unspecified atom stereocenters. The van der Waals surface area contributed by atoms with E-state index in [1.54, 1.807) is 0 Å². The van der Waals surface area contributed by atoms with Crippen molar-refractivity contribution in [1.82, 2.24) is 9.97 Å². The number of halogens is 2. The first-order chi connectivity index (χ1) is 9.57. The number of imidazole rings is 1. The number of rotatable bonds is 2. The summed E-state index contributed by atoms with van der Waals surface area (Å²) in [5, 5.41) is 2.94. The predicted molar refractivity (Wildman–Crippen MR) is 94.0 cm³/mol. The number of nitrogens with one attached hydrogen (secondary N) is 2. The van der Waals surface area contributed by atoms with Crippen molar-refractivity contribution >= 4 is 47.4 Å². The van der Waals surface area contributed by atoms with Crippen molar-refractivity contribution in [2.45, 2.75) is 44.6 Å². The van der Waals surface area contributed by atoms with Gasteiger partial charge in [0.2, 0.25) is 5.91 Å². The van der Waals surface area contributed by atoms with Crippen molar-refractivity contribution in [3.63, 3.8) is 0 Å². The van der Waals surface area contributed by atoms with E-state index in [1.807, 2.05) is 25.1 Å². The summed E-state index contributed by atoms with van der Waals surface area (Å²) in [7, 11) is 0. The maximum atomic E-state index is 12.4. The standard InChI is InChI=1S/C15H20N4O.2ClH/c1-10-17-12-6-5-11(9-13(12)18-10)19-14(20)15(16)7-3-2-4-8-15;;/h5-6,9H,2-4,7-8,16H2,1H3,(H,17,18)(H,19,20);2*1H. The fourth-order valence-corrected chi connectivity index (χ4v) is 2.88. The van der Waals surface area contributed by atoms with Gasteiger partial charge < -0.3 is 16.0 Å². The topological polar surface area (TPSA) is 83.8 Å². The van der Waals surface area contributed by atoms with Crippen LogP contribution in [0.5, 0.6) is 0 Å². The molecule has 0 radical (unpaired) electrons. The molecule has 1 heterocycles. The lowest BCUT2D eigenvalue weighted by Crippen LogP contribution is -2.52. The maximum absolute atomic E-state index is 12.4. The molecule has 122 valence electrons. The number of nitrogens with zero attached hydrogens (tertiary/aromatic N) is 1. The minimum atomic E-state index is -0.711. The predicted octanol–water partition coefficient (Wildman–Crippen LogP) is 3.32. The number of anilines is 1. The van der Waals surface area contributed by atoms with Crippen molar-refractivity contribution in [2.75, 3.05) is 5.32 Å². The summed E-state index contributed by atoms with van der Waals surface area (Å²) in [6, 6.07) is 5.67. The summed E-state index contributed by atoms with van der Waals surface area (Å²) < 4.78 is 0. The van der Waals surface area contributed by atoms with E-state index in [9.17, 15) is 4.79 Å². The van der Waals surface area contributed by atoms with Crippen molar-refractivity contribution in [2.24, 2.45) is 5.73 Å². The number of aromatic amines is 1. The summed E-state index contributed by atoms with van der Waals surface area (Å²) in [5.74, 6) is 0.791. The number of amides is 1. The molecule has 1 saturated carbocycles. The number of aromatic nitrogens is 2. The van der Waals surface area contributed by atoms with Gasteiger partial charge in [-0.3, -0.25) is 4.79 Å². The van der Waals surface area contributed by atoms with Crippen molar-refractivity contribution < 1.29 is 4.79 Å². The van der Waals surface area contributed by atoms with Gasteiger partial charge in [-0.15, -0.1) is 24.8 Å². The van der Waals surface area contributed by atoms with Gasteiger partial charge in [-0.2, -0.15) is 0 Å². The van der Waals surface area contributed by atoms with E-state index >= 15 is 0 Å². The molecular formula is C15H22Cl2N4O. The van der Waals surface area contributed by atoms with Crippen LogP contribution in [0, 0.1) is 6.92 Å². The fourth-order valence-electron chi connectivity index (χ4n) is 2.88. The number of fused-ring (bicyclic) bond motifs is 1. The number of benzene rings is 1. The maximum Gasteiger partial charge on any atom is 0.244 e. The first kappa shape index (κ1) is 18.7. The van der Waals surface area contributed by atoms with E-state index in [2.05, 4.69) is 15.3 Å². The first-order valence-corrected chi connectivity index (χ1v) is 7.14. The van der Waals surface area contributed by atoms with E-state index in [-0.39, 0.29) is 30.7 Å². The van der Waals surface area contributed by atoms with Crippen LogP contribution in [0.15, 0.2) is 18.2 Å². The van der Waals surface area contributed by atoms with Crippen LogP contribution in [0.4, 0.5) is 5.69 Å². The molecule has 2 aromatic rings. The lowest BCUT2D eigenvalue weighted by atomic mass is 9.82. The van der Waals surface area contributed by atoms with Gasteiger partial charge in [-0.1, -0.05) is 19.3 Å². The van der Waals surface area contributed by atoms with Crippen LogP contribution in [-0.4, -0.2) is 21.4 Å². The lowest BCUT2D eigenvalue weighted by Gasteiger charge is -2.31.